The van der Waals surface area contributed by atoms with Crippen molar-refractivity contribution < 1.29 is 13.2 Å². The van der Waals surface area contributed by atoms with Crippen LogP contribution in [0.15, 0.2) is 0 Å². The van der Waals surface area contributed by atoms with E-state index in [4.69, 9.17) is 4.74 Å². The predicted molar refractivity (Wildman–Crippen MR) is 77.0 cm³/mol. The predicted octanol–water partition coefficient (Wildman–Crippen LogP) is 1.75. The van der Waals surface area contributed by atoms with Gasteiger partial charge in [0.2, 0.25) is 0 Å². The van der Waals surface area contributed by atoms with E-state index in [1.165, 1.54) is 6.26 Å². The number of hydrogen-bond acceptors (Lipinski definition) is 4. The molecule has 0 aromatic carbocycles. The van der Waals surface area contributed by atoms with Gasteiger partial charge in [0, 0.05) is 30.4 Å². The fourth-order valence-electron chi connectivity index (χ4n) is 3.54. The Morgan fingerprint density at radius 1 is 1.32 bits per heavy atom. The second-order valence-corrected chi connectivity index (χ2v) is 8.89. The molecule has 0 heterocycles. The van der Waals surface area contributed by atoms with Crippen molar-refractivity contribution in [1.29, 1.82) is 0 Å². The monoisotopic (exact) mass is 289 g/mol. The molecule has 0 spiro atoms. The third kappa shape index (κ3) is 2.98. The van der Waals surface area contributed by atoms with E-state index < -0.39 is 9.84 Å². The summed E-state index contributed by atoms with van der Waals surface area (Å²) < 4.78 is 29.3. The maximum atomic E-state index is 11.8. The minimum Gasteiger partial charge on any atom is -0.378 e. The van der Waals surface area contributed by atoms with E-state index in [-0.39, 0.29) is 16.7 Å². The van der Waals surface area contributed by atoms with E-state index in [0.717, 1.165) is 32.3 Å². The summed E-state index contributed by atoms with van der Waals surface area (Å²) in [5.74, 6) is 0. The molecule has 0 aliphatic heterocycles. The molecule has 112 valence electrons. The van der Waals surface area contributed by atoms with E-state index in [1.807, 2.05) is 6.92 Å². The average molecular weight is 289 g/mol. The zero-order valence-electron chi connectivity index (χ0n) is 12.5. The molecule has 0 saturated heterocycles. The standard InChI is InChI=1S/C14H27NO3S/c1-5-18-13-9-12(14(13,2)3)15-10-7-6-8-11(10)19(4,16)17/h10-13,15H,5-9H2,1-4H3. The number of nitrogens with one attached hydrogen (secondary N) is 1. The van der Waals surface area contributed by atoms with E-state index in [9.17, 15) is 8.42 Å². The second-order valence-electron chi connectivity index (χ2n) is 6.63. The van der Waals surface area contributed by atoms with Crippen molar-refractivity contribution in [2.45, 2.75) is 69.9 Å². The van der Waals surface area contributed by atoms with Gasteiger partial charge in [0.15, 0.2) is 9.84 Å². The summed E-state index contributed by atoms with van der Waals surface area (Å²) in [6.07, 6.45) is 5.45. The Labute approximate surface area is 117 Å². The van der Waals surface area contributed by atoms with Gasteiger partial charge in [-0.3, -0.25) is 0 Å². The quantitative estimate of drug-likeness (QED) is 0.837. The van der Waals surface area contributed by atoms with Crippen molar-refractivity contribution >= 4 is 9.84 Å². The summed E-state index contributed by atoms with van der Waals surface area (Å²) in [7, 11) is -2.94. The topological polar surface area (TPSA) is 55.4 Å². The Morgan fingerprint density at radius 2 is 2.00 bits per heavy atom. The molecule has 0 aromatic heterocycles. The lowest BCUT2D eigenvalue weighted by atomic mass is 9.64. The highest BCUT2D eigenvalue weighted by molar-refractivity contribution is 7.91. The van der Waals surface area contributed by atoms with Crippen LogP contribution in [0, 0.1) is 5.41 Å². The van der Waals surface area contributed by atoms with Gasteiger partial charge in [0.1, 0.15) is 0 Å². The van der Waals surface area contributed by atoms with Crippen molar-refractivity contribution in [3.8, 4) is 0 Å². The highest BCUT2D eigenvalue weighted by Gasteiger charge is 2.50. The van der Waals surface area contributed by atoms with Crippen molar-refractivity contribution in [1.82, 2.24) is 5.32 Å². The average Bonchev–Trinajstić information content (AvgIpc) is 2.75. The van der Waals surface area contributed by atoms with Crippen molar-refractivity contribution in [3.05, 3.63) is 0 Å². The molecule has 19 heavy (non-hydrogen) atoms. The molecule has 0 bridgehead atoms. The van der Waals surface area contributed by atoms with Crippen LogP contribution in [0.25, 0.3) is 0 Å². The molecule has 4 nitrogen and oxygen atoms in total. The second kappa shape index (κ2) is 5.34. The van der Waals surface area contributed by atoms with Crippen molar-refractivity contribution in [2.75, 3.05) is 12.9 Å². The van der Waals surface area contributed by atoms with Gasteiger partial charge in [-0.1, -0.05) is 20.3 Å². The lowest BCUT2D eigenvalue weighted by molar-refractivity contribution is -0.116. The molecule has 0 amide bonds. The van der Waals surface area contributed by atoms with Gasteiger partial charge in [-0.2, -0.15) is 0 Å². The van der Waals surface area contributed by atoms with Crippen LogP contribution in [-0.2, 0) is 14.6 Å². The summed E-state index contributed by atoms with van der Waals surface area (Å²) >= 11 is 0. The van der Waals surface area contributed by atoms with Crippen LogP contribution in [0.3, 0.4) is 0 Å². The van der Waals surface area contributed by atoms with E-state index in [0.29, 0.717) is 12.1 Å². The first-order valence-electron chi connectivity index (χ1n) is 7.33. The first kappa shape index (κ1) is 15.3. The molecule has 5 heteroatoms. The van der Waals surface area contributed by atoms with Crippen LogP contribution in [0.2, 0.25) is 0 Å². The first-order chi connectivity index (χ1) is 8.76. The highest BCUT2D eigenvalue weighted by atomic mass is 32.2. The third-order valence-electron chi connectivity index (χ3n) is 4.96. The molecule has 2 fully saturated rings. The summed E-state index contributed by atoms with van der Waals surface area (Å²) in [4.78, 5) is 0. The maximum Gasteiger partial charge on any atom is 0.151 e. The molecule has 0 radical (unpaired) electrons. The Bertz CT molecular complexity index is 418. The third-order valence-corrected chi connectivity index (χ3v) is 6.63. The Balaban J connectivity index is 1.96. The zero-order chi connectivity index (χ0) is 14.3. The Hall–Kier alpha value is -0.130. The maximum absolute atomic E-state index is 11.8. The number of ether oxygens (including phenoxy) is 1. The highest BCUT2D eigenvalue weighted by Crippen LogP contribution is 2.43. The van der Waals surface area contributed by atoms with E-state index >= 15 is 0 Å². The smallest absolute Gasteiger partial charge is 0.151 e. The molecule has 2 saturated carbocycles. The lowest BCUT2D eigenvalue weighted by Gasteiger charge is -2.53. The van der Waals surface area contributed by atoms with Gasteiger partial charge < -0.3 is 10.1 Å². The normalized spacial score (nSPS) is 38.1. The number of sulfone groups is 1. The minimum atomic E-state index is -2.94. The summed E-state index contributed by atoms with van der Waals surface area (Å²) in [6.45, 7) is 7.18. The van der Waals surface area contributed by atoms with E-state index in [1.54, 1.807) is 0 Å². The molecule has 2 aliphatic rings. The van der Waals surface area contributed by atoms with Gasteiger partial charge in [0.05, 0.1) is 11.4 Å². The molecule has 4 atom stereocenters. The fraction of sp³-hybridized carbons (Fsp3) is 1.00. The summed E-state index contributed by atoms with van der Waals surface area (Å²) in [5, 5.41) is 3.39. The summed E-state index contributed by atoms with van der Waals surface area (Å²) in [5.41, 5.74) is 0.0979. The molecule has 2 aliphatic carbocycles. The van der Waals surface area contributed by atoms with Crippen LogP contribution in [-0.4, -0.2) is 44.7 Å². The van der Waals surface area contributed by atoms with Crippen LogP contribution in [0.1, 0.15) is 46.5 Å². The summed E-state index contributed by atoms with van der Waals surface area (Å²) in [6, 6.07) is 0.498. The minimum absolute atomic E-state index is 0.0979. The molecular weight excluding hydrogens is 262 g/mol. The fourth-order valence-corrected chi connectivity index (χ4v) is 4.95. The largest absolute Gasteiger partial charge is 0.378 e. The van der Waals surface area contributed by atoms with Crippen LogP contribution < -0.4 is 5.32 Å². The van der Waals surface area contributed by atoms with E-state index in [2.05, 4.69) is 19.2 Å². The molecular formula is C14H27NO3S. The van der Waals surface area contributed by atoms with Crippen molar-refractivity contribution in [2.24, 2.45) is 5.41 Å². The van der Waals surface area contributed by atoms with Crippen LogP contribution >= 0.6 is 0 Å². The number of rotatable bonds is 5. The van der Waals surface area contributed by atoms with Gasteiger partial charge in [-0.25, -0.2) is 8.42 Å². The molecule has 1 N–H and O–H groups in total. The van der Waals surface area contributed by atoms with Gasteiger partial charge in [0.25, 0.3) is 0 Å². The van der Waals surface area contributed by atoms with Crippen LogP contribution in [0.4, 0.5) is 0 Å². The van der Waals surface area contributed by atoms with Crippen LogP contribution in [0.5, 0.6) is 0 Å². The zero-order valence-corrected chi connectivity index (χ0v) is 13.3. The Kier molecular flexibility index (Phi) is 4.29. The molecule has 4 unspecified atom stereocenters. The number of hydrogen-bond donors (Lipinski definition) is 1. The lowest BCUT2D eigenvalue weighted by Crippen LogP contribution is -2.63. The molecule has 2 rings (SSSR count). The van der Waals surface area contributed by atoms with Crippen molar-refractivity contribution in [3.63, 3.8) is 0 Å². The van der Waals surface area contributed by atoms with Gasteiger partial charge >= 0.3 is 0 Å². The van der Waals surface area contributed by atoms with Gasteiger partial charge in [-0.15, -0.1) is 0 Å². The molecule has 0 aromatic rings. The SMILES string of the molecule is CCOC1CC(NC2CCCC2S(C)(=O)=O)C1(C)C. The Morgan fingerprint density at radius 3 is 2.53 bits per heavy atom. The first-order valence-corrected chi connectivity index (χ1v) is 9.28. The van der Waals surface area contributed by atoms with Gasteiger partial charge in [-0.05, 0) is 26.2 Å².